The molecule has 1 aromatic carbocycles. The monoisotopic (exact) mass is 460 g/mol. The molecule has 1 aromatic heterocycles. The molecule has 0 atom stereocenters. The molecular formula is C20H19F3O5S2. The van der Waals surface area contributed by atoms with E-state index in [1.54, 1.807) is 6.07 Å². The molecule has 0 saturated heterocycles. The van der Waals surface area contributed by atoms with Gasteiger partial charge >= 0.3 is 12.3 Å². The lowest BCUT2D eigenvalue weighted by Gasteiger charge is -2.09. The highest BCUT2D eigenvalue weighted by Gasteiger charge is 2.31. The summed E-state index contributed by atoms with van der Waals surface area (Å²) < 4.78 is 40.7. The Bertz CT molecular complexity index is 904. The number of ether oxygens (including phenoxy) is 1. The van der Waals surface area contributed by atoms with Gasteiger partial charge in [0.05, 0.1) is 10.6 Å². The second-order valence-electron chi connectivity index (χ2n) is 6.18. The van der Waals surface area contributed by atoms with Crippen molar-refractivity contribution in [3.8, 4) is 5.75 Å². The summed E-state index contributed by atoms with van der Waals surface area (Å²) in [5.41, 5.74) is 0.376. The number of Topliss-reactive ketones (excluding diaryl/α,β-unsaturated/α-hetero) is 1. The largest absolute Gasteiger partial charge is 0.573 e. The minimum absolute atomic E-state index is 0.0367. The van der Waals surface area contributed by atoms with E-state index in [1.807, 2.05) is 6.92 Å². The van der Waals surface area contributed by atoms with Crippen LogP contribution in [0.15, 0.2) is 30.3 Å². The summed E-state index contributed by atoms with van der Waals surface area (Å²) in [6.07, 6.45) is -3.54. The lowest BCUT2D eigenvalue weighted by atomic mass is 10.0. The molecule has 0 fully saturated rings. The van der Waals surface area contributed by atoms with Gasteiger partial charge in [0, 0.05) is 22.4 Å². The summed E-state index contributed by atoms with van der Waals surface area (Å²) in [5, 5.41) is 8.62. The number of aliphatic carboxylic acids is 1. The minimum atomic E-state index is -4.82. The molecule has 0 radical (unpaired) electrons. The van der Waals surface area contributed by atoms with Crippen molar-refractivity contribution in [2.45, 2.75) is 32.5 Å². The number of alkyl halides is 3. The van der Waals surface area contributed by atoms with Crippen molar-refractivity contribution in [2.75, 3.05) is 11.5 Å². The Balaban J connectivity index is 2.12. The standard InChI is InChI=1S/C20H19F3O5S2/c1-2-14-10-15(19(30-14)16(24)4-3-9-29-11-17(25)26)18(27)12-5-7-13(8-6-12)28-20(21,22)23/h5-8,10H,2-4,9,11H2,1H3,(H,25,26). The van der Waals surface area contributed by atoms with E-state index in [0.29, 0.717) is 23.5 Å². The molecule has 0 unspecified atom stereocenters. The van der Waals surface area contributed by atoms with E-state index in [1.165, 1.54) is 35.2 Å². The summed E-state index contributed by atoms with van der Waals surface area (Å²) in [6, 6.07) is 6.19. The zero-order valence-electron chi connectivity index (χ0n) is 16.0. The first-order valence-electron chi connectivity index (χ1n) is 8.96. The molecule has 0 aliphatic heterocycles. The van der Waals surface area contributed by atoms with E-state index in [0.717, 1.165) is 17.0 Å². The molecule has 2 rings (SSSR count). The first-order chi connectivity index (χ1) is 14.1. The Morgan fingerprint density at radius 2 is 1.83 bits per heavy atom. The lowest BCUT2D eigenvalue weighted by Crippen LogP contribution is -2.17. The summed E-state index contributed by atoms with van der Waals surface area (Å²) >= 11 is 2.44. The second kappa shape index (κ2) is 10.6. The van der Waals surface area contributed by atoms with Crippen LogP contribution in [-0.2, 0) is 11.2 Å². The number of thioether (sulfide) groups is 1. The predicted octanol–water partition coefficient (Wildman–Crippen LogP) is 5.22. The number of ketones is 2. The van der Waals surface area contributed by atoms with Gasteiger partial charge in [-0.3, -0.25) is 14.4 Å². The van der Waals surface area contributed by atoms with E-state index < -0.39 is 23.9 Å². The molecular weight excluding hydrogens is 441 g/mol. The van der Waals surface area contributed by atoms with E-state index in [4.69, 9.17) is 5.11 Å². The maximum atomic E-state index is 12.9. The number of carboxylic acid groups (broad SMARTS) is 1. The number of halogens is 3. The third kappa shape index (κ3) is 7.17. The lowest BCUT2D eigenvalue weighted by molar-refractivity contribution is -0.274. The molecule has 162 valence electrons. The molecule has 0 spiro atoms. The van der Waals surface area contributed by atoms with Gasteiger partial charge in [-0.2, -0.15) is 11.8 Å². The maximum Gasteiger partial charge on any atom is 0.573 e. The first-order valence-corrected chi connectivity index (χ1v) is 10.9. The van der Waals surface area contributed by atoms with Crippen LogP contribution in [-0.4, -0.2) is 40.5 Å². The number of hydrogen-bond acceptors (Lipinski definition) is 6. The van der Waals surface area contributed by atoms with E-state index >= 15 is 0 Å². The fourth-order valence-electron chi connectivity index (χ4n) is 2.56. The van der Waals surface area contributed by atoms with Crippen molar-refractivity contribution < 1.29 is 37.4 Å². The third-order valence-corrected chi connectivity index (χ3v) is 6.25. The van der Waals surface area contributed by atoms with Crippen LogP contribution in [0.3, 0.4) is 0 Å². The van der Waals surface area contributed by atoms with E-state index in [2.05, 4.69) is 4.74 Å². The van der Waals surface area contributed by atoms with E-state index in [-0.39, 0.29) is 29.1 Å². The minimum Gasteiger partial charge on any atom is -0.481 e. The molecule has 1 heterocycles. The number of carbonyl (C=O) groups excluding carboxylic acids is 2. The predicted molar refractivity (Wildman–Crippen MR) is 109 cm³/mol. The zero-order chi connectivity index (χ0) is 22.3. The van der Waals surface area contributed by atoms with Gasteiger partial charge in [-0.15, -0.1) is 24.5 Å². The zero-order valence-corrected chi connectivity index (χ0v) is 17.6. The van der Waals surface area contributed by atoms with Gasteiger partial charge in [-0.25, -0.2) is 0 Å². The van der Waals surface area contributed by atoms with Gasteiger partial charge < -0.3 is 9.84 Å². The molecule has 0 aliphatic rings. The number of benzene rings is 1. The SMILES string of the molecule is CCc1cc(C(=O)c2ccc(OC(F)(F)F)cc2)c(C(=O)CCCSCC(=O)O)s1. The van der Waals surface area contributed by atoms with Crippen molar-refractivity contribution in [3.05, 3.63) is 51.2 Å². The van der Waals surface area contributed by atoms with Crippen molar-refractivity contribution in [2.24, 2.45) is 0 Å². The fraction of sp³-hybridized carbons (Fsp3) is 0.350. The maximum absolute atomic E-state index is 12.9. The third-order valence-electron chi connectivity index (χ3n) is 3.90. The highest BCUT2D eigenvalue weighted by molar-refractivity contribution is 7.99. The molecule has 30 heavy (non-hydrogen) atoms. The number of hydrogen-bond donors (Lipinski definition) is 1. The summed E-state index contributed by atoms with van der Waals surface area (Å²) in [7, 11) is 0. The normalized spacial score (nSPS) is 11.3. The number of aryl methyl sites for hydroxylation is 1. The Labute approximate surface area is 179 Å². The van der Waals surface area contributed by atoms with Gasteiger partial charge in [0.25, 0.3) is 0 Å². The highest BCUT2D eigenvalue weighted by atomic mass is 32.2. The Morgan fingerprint density at radius 1 is 1.17 bits per heavy atom. The molecule has 0 amide bonds. The van der Waals surface area contributed by atoms with Crippen molar-refractivity contribution in [1.29, 1.82) is 0 Å². The van der Waals surface area contributed by atoms with Gasteiger partial charge in [0.1, 0.15) is 5.75 Å². The van der Waals surface area contributed by atoms with Gasteiger partial charge in [0.2, 0.25) is 0 Å². The fourth-order valence-corrected chi connectivity index (χ4v) is 4.29. The van der Waals surface area contributed by atoms with Crippen LogP contribution < -0.4 is 4.74 Å². The van der Waals surface area contributed by atoms with Crippen molar-refractivity contribution >= 4 is 40.6 Å². The van der Waals surface area contributed by atoms with Crippen LogP contribution in [0.2, 0.25) is 0 Å². The van der Waals surface area contributed by atoms with Crippen LogP contribution in [0.1, 0.15) is 50.2 Å². The smallest absolute Gasteiger partial charge is 0.481 e. The van der Waals surface area contributed by atoms with Gasteiger partial charge in [-0.1, -0.05) is 6.92 Å². The number of thiophene rings is 1. The molecule has 0 aliphatic carbocycles. The van der Waals surface area contributed by atoms with Crippen molar-refractivity contribution in [3.63, 3.8) is 0 Å². The van der Waals surface area contributed by atoms with Crippen LogP contribution in [0.5, 0.6) is 5.75 Å². The Kier molecular flexibility index (Phi) is 8.48. The van der Waals surface area contributed by atoms with Crippen LogP contribution in [0.4, 0.5) is 13.2 Å². The molecule has 5 nitrogen and oxygen atoms in total. The number of carbonyl (C=O) groups is 3. The Hall–Kier alpha value is -2.33. The molecule has 1 N–H and O–H groups in total. The summed E-state index contributed by atoms with van der Waals surface area (Å²) in [6.45, 7) is 1.89. The second-order valence-corrected chi connectivity index (χ2v) is 8.43. The summed E-state index contributed by atoms with van der Waals surface area (Å²) in [4.78, 5) is 37.2. The van der Waals surface area contributed by atoms with Crippen molar-refractivity contribution in [1.82, 2.24) is 0 Å². The number of carboxylic acids is 1. The van der Waals surface area contributed by atoms with Crippen LogP contribution in [0.25, 0.3) is 0 Å². The van der Waals surface area contributed by atoms with Gasteiger partial charge in [-0.05, 0) is 48.9 Å². The topological polar surface area (TPSA) is 80.7 Å². The van der Waals surface area contributed by atoms with Crippen LogP contribution >= 0.6 is 23.1 Å². The first kappa shape index (κ1) is 23.9. The average molecular weight is 460 g/mol. The number of rotatable bonds is 11. The quantitative estimate of drug-likeness (QED) is 0.366. The molecule has 0 bridgehead atoms. The molecule has 2 aromatic rings. The molecule has 10 heteroatoms. The molecule has 0 saturated carbocycles. The Morgan fingerprint density at radius 3 is 2.40 bits per heavy atom. The van der Waals surface area contributed by atoms with E-state index in [9.17, 15) is 27.6 Å². The summed E-state index contributed by atoms with van der Waals surface area (Å²) in [5.74, 6) is -1.55. The van der Waals surface area contributed by atoms with Crippen LogP contribution in [0, 0.1) is 0 Å². The highest BCUT2D eigenvalue weighted by Crippen LogP contribution is 2.29. The average Bonchev–Trinajstić information content (AvgIpc) is 3.11. The van der Waals surface area contributed by atoms with Gasteiger partial charge in [0.15, 0.2) is 11.6 Å².